The van der Waals surface area contributed by atoms with Crippen molar-refractivity contribution in [1.29, 1.82) is 5.26 Å². The maximum atomic E-state index is 13.3. The molecule has 6 rings (SSSR count). The first-order valence-electron chi connectivity index (χ1n) is 11.3. The number of nitriles is 1. The number of piperazine rings is 1. The summed E-state index contributed by atoms with van der Waals surface area (Å²) >= 11 is 0.667. The average Bonchev–Trinajstić information content (AvgIpc) is 3.21. The van der Waals surface area contributed by atoms with E-state index in [0.29, 0.717) is 66.8 Å². The van der Waals surface area contributed by atoms with Crippen molar-refractivity contribution < 1.29 is 22.0 Å². The van der Waals surface area contributed by atoms with Crippen molar-refractivity contribution in [2.75, 3.05) is 24.5 Å². The molecule has 0 bridgehead atoms. The van der Waals surface area contributed by atoms with E-state index in [1.165, 1.54) is 10.7 Å². The van der Waals surface area contributed by atoms with E-state index in [0.717, 1.165) is 6.42 Å². The van der Waals surface area contributed by atoms with E-state index in [4.69, 9.17) is 0 Å². The second kappa shape index (κ2) is 8.15. The molecule has 0 radical (unpaired) electrons. The Balaban J connectivity index is 1.47. The molecular weight excluding hydrogens is 514 g/mol. The Morgan fingerprint density at radius 1 is 1.25 bits per heavy atom. The maximum absolute atomic E-state index is 13.3. The van der Waals surface area contributed by atoms with Gasteiger partial charge in [-0.15, -0.1) is 10.2 Å². The molecular formula is C21H20F2N8O3S2. The van der Waals surface area contributed by atoms with Crippen LogP contribution in [0.15, 0.2) is 23.2 Å². The number of nitrogens with zero attached hydrogens (tertiary/aromatic N) is 7. The van der Waals surface area contributed by atoms with Gasteiger partial charge >= 0.3 is 0 Å². The van der Waals surface area contributed by atoms with Gasteiger partial charge in [0, 0.05) is 43.2 Å². The summed E-state index contributed by atoms with van der Waals surface area (Å²) in [6, 6.07) is 5.00. The number of rotatable bonds is 6. The fourth-order valence-corrected chi connectivity index (χ4v) is 6.90. The molecule has 1 saturated carbocycles. The summed E-state index contributed by atoms with van der Waals surface area (Å²) in [6.07, 6.45) is 0.818. The number of fused-ring (bicyclic) bond motifs is 2. The van der Waals surface area contributed by atoms with Gasteiger partial charge in [-0.2, -0.15) is 15.1 Å². The molecule has 11 nitrogen and oxygen atoms in total. The van der Waals surface area contributed by atoms with Gasteiger partial charge in [-0.3, -0.25) is 4.79 Å². The van der Waals surface area contributed by atoms with E-state index in [1.807, 2.05) is 15.9 Å². The molecule has 1 aliphatic carbocycles. The standard InChI is InChI=1S/C21H20F2N8O3S2/c22-18(23)19-26-27-20(35-19)31-16-8-13(36(33,34)28-21(11-24)3-4-21)7-15(14(16)9-25-31)29-5-6-30-12(10-29)1-2-17(30)32/h7-9,12,18,28H,1-6,10H2/t12-/m1/s1. The number of alkyl halides is 2. The summed E-state index contributed by atoms with van der Waals surface area (Å²) in [7, 11) is -4.09. The van der Waals surface area contributed by atoms with Crippen LogP contribution in [0.2, 0.25) is 0 Å². The number of anilines is 1. The van der Waals surface area contributed by atoms with Crippen molar-refractivity contribution in [3.05, 3.63) is 23.3 Å². The van der Waals surface area contributed by atoms with E-state index in [2.05, 4.69) is 20.0 Å². The van der Waals surface area contributed by atoms with Gasteiger partial charge in [0.05, 0.1) is 22.7 Å². The molecule has 3 aliphatic rings. The predicted molar refractivity (Wildman–Crippen MR) is 124 cm³/mol. The van der Waals surface area contributed by atoms with Crippen LogP contribution in [-0.2, 0) is 14.8 Å². The Bertz CT molecular complexity index is 1530. The molecule has 188 valence electrons. The molecule has 1 amide bonds. The molecule has 3 aromatic rings. The van der Waals surface area contributed by atoms with Crippen molar-refractivity contribution in [3.63, 3.8) is 0 Å². The van der Waals surface area contributed by atoms with Crippen LogP contribution in [0.5, 0.6) is 0 Å². The van der Waals surface area contributed by atoms with Crippen LogP contribution < -0.4 is 9.62 Å². The lowest BCUT2D eigenvalue weighted by atomic mass is 10.1. The summed E-state index contributed by atoms with van der Waals surface area (Å²) in [5, 5.41) is 21.3. The van der Waals surface area contributed by atoms with Crippen molar-refractivity contribution in [2.45, 2.75) is 48.6 Å². The number of aromatic nitrogens is 4. The number of hydrogen-bond donors (Lipinski definition) is 1. The average molecular weight is 535 g/mol. The van der Waals surface area contributed by atoms with Gasteiger partial charge in [0.25, 0.3) is 6.43 Å². The Morgan fingerprint density at radius 3 is 2.75 bits per heavy atom. The summed E-state index contributed by atoms with van der Waals surface area (Å²) in [6.45, 7) is 1.54. The first-order chi connectivity index (χ1) is 17.2. The van der Waals surface area contributed by atoms with Gasteiger partial charge in [0.15, 0.2) is 5.01 Å². The summed E-state index contributed by atoms with van der Waals surface area (Å²) in [4.78, 5) is 15.9. The Morgan fingerprint density at radius 2 is 2.06 bits per heavy atom. The van der Waals surface area contributed by atoms with E-state index in [1.54, 1.807) is 12.3 Å². The first-order valence-corrected chi connectivity index (χ1v) is 13.6. The van der Waals surface area contributed by atoms with E-state index in [9.17, 15) is 27.3 Å². The first kappa shape index (κ1) is 23.2. The van der Waals surface area contributed by atoms with E-state index in [-0.39, 0.29) is 22.0 Å². The van der Waals surface area contributed by atoms with Crippen LogP contribution in [0.3, 0.4) is 0 Å². The second-order valence-corrected chi connectivity index (χ2v) is 11.9. The van der Waals surface area contributed by atoms with Crippen LogP contribution in [0, 0.1) is 11.3 Å². The number of benzene rings is 1. The molecule has 4 heterocycles. The summed E-state index contributed by atoms with van der Waals surface area (Å²) in [5.74, 6) is 0.121. The smallest absolute Gasteiger partial charge is 0.291 e. The second-order valence-electron chi connectivity index (χ2n) is 9.18. The van der Waals surface area contributed by atoms with Gasteiger partial charge in [0.1, 0.15) is 5.54 Å². The van der Waals surface area contributed by atoms with Crippen LogP contribution in [-0.4, -0.2) is 70.4 Å². The third-order valence-corrected chi connectivity index (χ3v) is 9.30. The number of carbonyl (C=O) groups is 1. The fourth-order valence-electron chi connectivity index (χ4n) is 4.81. The molecule has 2 aromatic heterocycles. The minimum atomic E-state index is -4.09. The summed E-state index contributed by atoms with van der Waals surface area (Å²) < 4.78 is 56.7. The highest BCUT2D eigenvalue weighted by molar-refractivity contribution is 7.89. The molecule has 0 spiro atoms. The highest BCUT2D eigenvalue weighted by Gasteiger charge is 2.47. The molecule has 1 atom stereocenters. The lowest BCUT2D eigenvalue weighted by Crippen LogP contribution is -2.51. The zero-order valence-corrected chi connectivity index (χ0v) is 20.4. The molecule has 36 heavy (non-hydrogen) atoms. The lowest BCUT2D eigenvalue weighted by molar-refractivity contribution is -0.129. The van der Waals surface area contributed by atoms with Gasteiger partial charge in [-0.1, -0.05) is 11.3 Å². The zero-order chi connectivity index (χ0) is 25.2. The van der Waals surface area contributed by atoms with Crippen molar-refractivity contribution in [1.82, 2.24) is 29.6 Å². The molecule has 0 unspecified atom stereocenters. The Kier molecular flexibility index (Phi) is 5.25. The van der Waals surface area contributed by atoms with Crippen molar-refractivity contribution in [3.8, 4) is 11.2 Å². The van der Waals surface area contributed by atoms with E-state index < -0.39 is 27.0 Å². The number of carbonyl (C=O) groups excluding carboxylic acids is 1. The molecule has 1 aromatic carbocycles. The van der Waals surface area contributed by atoms with Crippen LogP contribution in [0.25, 0.3) is 16.0 Å². The number of halogens is 2. The highest BCUT2D eigenvalue weighted by atomic mass is 32.2. The van der Waals surface area contributed by atoms with Gasteiger partial charge < -0.3 is 9.80 Å². The topological polar surface area (TPSA) is 137 Å². The number of hydrogen-bond acceptors (Lipinski definition) is 9. The molecule has 3 fully saturated rings. The lowest BCUT2D eigenvalue weighted by Gasteiger charge is -2.39. The van der Waals surface area contributed by atoms with Crippen LogP contribution >= 0.6 is 11.3 Å². The molecule has 2 aliphatic heterocycles. The maximum Gasteiger partial charge on any atom is 0.291 e. The number of amides is 1. The van der Waals surface area contributed by atoms with Crippen LogP contribution in [0.1, 0.15) is 37.1 Å². The molecule has 15 heteroatoms. The largest absolute Gasteiger partial charge is 0.367 e. The van der Waals surface area contributed by atoms with Gasteiger partial charge in [-0.25, -0.2) is 21.9 Å². The summed E-state index contributed by atoms with van der Waals surface area (Å²) in [5.41, 5.74) is -0.162. The highest BCUT2D eigenvalue weighted by Crippen LogP contribution is 2.39. The van der Waals surface area contributed by atoms with Crippen molar-refractivity contribution in [2.24, 2.45) is 0 Å². The minimum Gasteiger partial charge on any atom is -0.367 e. The minimum absolute atomic E-state index is 0.0276. The normalized spacial score (nSPS) is 21.3. The Hall–Kier alpha value is -3.22. The Labute approximate surface area is 208 Å². The monoisotopic (exact) mass is 534 g/mol. The fraction of sp³-hybridized carbons (Fsp3) is 0.476. The number of sulfonamides is 1. The SMILES string of the molecule is N#CC1(NS(=O)(=O)c2cc(N3CCN4C(=O)CC[C@@H]4C3)c3cnn(-c4nnc(C(F)F)s4)c3c2)CC1. The molecule has 2 saturated heterocycles. The van der Waals surface area contributed by atoms with E-state index >= 15 is 0 Å². The predicted octanol–water partition coefficient (Wildman–Crippen LogP) is 1.96. The van der Waals surface area contributed by atoms with Crippen molar-refractivity contribution >= 4 is 43.9 Å². The number of nitrogens with one attached hydrogen (secondary N) is 1. The van der Waals surface area contributed by atoms with Crippen LogP contribution in [0.4, 0.5) is 14.5 Å². The zero-order valence-electron chi connectivity index (χ0n) is 18.8. The quantitative estimate of drug-likeness (QED) is 0.507. The third-order valence-electron chi connectivity index (χ3n) is 6.88. The third kappa shape index (κ3) is 3.80. The van der Waals surface area contributed by atoms with Gasteiger partial charge in [-0.05, 0) is 31.4 Å². The van der Waals surface area contributed by atoms with Gasteiger partial charge in [0.2, 0.25) is 21.1 Å². The molecule has 1 N–H and O–H groups in total.